The molecule has 4 rings (SSSR count). The van der Waals surface area contributed by atoms with Gasteiger partial charge in [0.25, 0.3) is 5.91 Å². The fourth-order valence-corrected chi connectivity index (χ4v) is 4.10. The molecule has 1 aromatic carbocycles. The van der Waals surface area contributed by atoms with Gasteiger partial charge in [0.2, 0.25) is 0 Å². The van der Waals surface area contributed by atoms with E-state index < -0.39 is 0 Å². The molecule has 2 aromatic rings. The monoisotopic (exact) mass is 341 g/mol. The molecule has 5 nitrogen and oxygen atoms in total. The van der Waals surface area contributed by atoms with Gasteiger partial charge in [-0.05, 0) is 44.2 Å². The number of ether oxygens (including phenoxy) is 1. The zero-order valence-corrected chi connectivity index (χ0v) is 15.2. The molecule has 134 valence electrons. The number of aromatic nitrogens is 1. The zero-order valence-electron chi connectivity index (χ0n) is 15.2. The van der Waals surface area contributed by atoms with Crippen LogP contribution in [0.4, 0.5) is 0 Å². The van der Waals surface area contributed by atoms with Crippen LogP contribution in [0.2, 0.25) is 0 Å². The third kappa shape index (κ3) is 3.18. The van der Waals surface area contributed by atoms with Crippen molar-refractivity contribution in [3.63, 3.8) is 0 Å². The third-order valence-corrected chi connectivity index (χ3v) is 5.54. The summed E-state index contributed by atoms with van der Waals surface area (Å²) in [6, 6.07) is 6.11. The Morgan fingerprint density at radius 2 is 2.24 bits per heavy atom. The van der Waals surface area contributed by atoms with E-state index >= 15 is 0 Å². The van der Waals surface area contributed by atoms with E-state index in [1.54, 1.807) is 0 Å². The highest BCUT2D eigenvalue weighted by Crippen LogP contribution is 2.29. The summed E-state index contributed by atoms with van der Waals surface area (Å²) in [5.41, 5.74) is 4.64. The first-order valence-electron chi connectivity index (χ1n) is 9.34. The minimum atomic E-state index is 0.153. The molecule has 1 amide bonds. The summed E-state index contributed by atoms with van der Waals surface area (Å²) in [7, 11) is 2.15. The maximum atomic E-state index is 12.9. The molecule has 0 saturated carbocycles. The second-order valence-electron chi connectivity index (χ2n) is 7.40. The van der Waals surface area contributed by atoms with E-state index in [2.05, 4.69) is 29.1 Å². The number of benzene rings is 1. The number of carbonyl (C=O) groups excluding carboxylic acids is 1. The van der Waals surface area contributed by atoms with E-state index in [0.717, 1.165) is 63.3 Å². The Bertz CT molecular complexity index is 783. The molecule has 0 radical (unpaired) electrons. The third-order valence-electron chi connectivity index (χ3n) is 5.54. The van der Waals surface area contributed by atoms with Gasteiger partial charge in [-0.3, -0.25) is 4.79 Å². The van der Waals surface area contributed by atoms with Crippen molar-refractivity contribution in [2.75, 3.05) is 39.9 Å². The Balaban J connectivity index is 1.55. The average Bonchev–Trinajstić information content (AvgIpc) is 3.23. The summed E-state index contributed by atoms with van der Waals surface area (Å²) in [4.78, 5) is 20.8. The maximum Gasteiger partial charge on any atom is 0.253 e. The number of amides is 1. The van der Waals surface area contributed by atoms with Crippen LogP contribution < -0.4 is 0 Å². The first kappa shape index (κ1) is 16.6. The number of nitrogens with one attached hydrogen (secondary N) is 1. The summed E-state index contributed by atoms with van der Waals surface area (Å²) in [6.07, 6.45) is 2.09. The van der Waals surface area contributed by atoms with Crippen molar-refractivity contribution >= 4 is 16.8 Å². The van der Waals surface area contributed by atoms with E-state index in [4.69, 9.17) is 4.74 Å². The first-order chi connectivity index (χ1) is 12.2. The lowest BCUT2D eigenvalue weighted by Crippen LogP contribution is -2.29. The highest BCUT2D eigenvalue weighted by molar-refractivity contribution is 5.99. The van der Waals surface area contributed by atoms with Crippen LogP contribution in [0.3, 0.4) is 0 Å². The van der Waals surface area contributed by atoms with E-state index in [1.807, 2.05) is 17.9 Å². The molecule has 0 spiro atoms. The quantitative estimate of drug-likeness (QED) is 0.930. The molecule has 0 bridgehead atoms. The summed E-state index contributed by atoms with van der Waals surface area (Å²) in [6.45, 7) is 7.20. The smallest absolute Gasteiger partial charge is 0.253 e. The van der Waals surface area contributed by atoms with Crippen LogP contribution in [0.15, 0.2) is 18.2 Å². The fourth-order valence-electron chi connectivity index (χ4n) is 4.10. The van der Waals surface area contributed by atoms with Crippen molar-refractivity contribution < 1.29 is 9.53 Å². The van der Waals surface area contributed by atoms with Gasteiger partial charge < -0.3 is 19.5 Å². The number of fused-ring (bicyclic) bond motifs is 3. The fraction of sp³-hybridized carbons (Fsp3) is 0.550. The summed E-state index contributed by atoms with van der Waals surface area (Å²) in [5.74, 6) is 0.626. The predicted molar refractivity (Wildman–Crippen MR) is 98.8 cm³/mol. The Hall–Kier alpha value is -1.85. The number of likely N-dealkylation sites (N-methyl/N-ethyl adjacent to an activating group) is 1. The molecular formula is C20H27N3O2. The van der Waals surface area contributed by atoms with Crippen molar-refractivity contribution in [2.45, 2.75) is 26.3 Å². The lowest BCUT2D eigenvalue weighted by atomic mass is 10.0. The van der Waals surface area contributed by atoms with Crippen LogP contribution >= 0.6 is 0 Å². The Morgan fingerprint density at radius 1 is 1.36 bits per heavy atom. The van der Waals surface area contributed by atoms with Crippen molar-refractivity contribution in [3.05, 3.63) is 35.0 Å². The molecule has 0 unspecified atom stereocenters. The molecule has 25 heavy (non-hydrogen) atoms. The van der Waals surface area contributed by atoms with Crippen molar-refractivity contribution in [1.29, 1.82) is 0 Å². The Morgan fingerprint density at radius 3 is 3.08 bits per heavy atom. The molecule has 1 fully saturated rings. The van der Waals surface area contributed by atoms with E-state index in [-0.39, 0.29) is 5.91 Å². The number of rotatable bonds is 4. The van der Waals surface area contributed by atoms with E-state index in [0.29, 0.717) is 5.92 Å². The van der Waals surface area contributed by atoms with Gasteiger partial charge >= 0.3 is 0 Å². The molecule has 5 heteroatoms. The van der Waals surface area contributed by atoms with Gasteiger partial charge in [-0.1, -0.05) is 0 Å². The van der Waals surface area contributed by atoms with Crippen molar-refractivity contribution in [3.8, 4) is 0 Å². The number of hydrogen-bond donors (Lipinski definition) is 1. The van der Waals surface area contributed by atoms with Gasteiger partial charge in [-0.15, -0.1) is 0 Å². The molecule has 2 aliphatic rings. The molecule has 3 heterocycles. The van der Waals surface area contributed by atoms with Crippen molar-refractivity contribution in [1.82, 2.24) is 14.8 Å². The van der Waals surface area contributed by atoms with Gasteiger partial charge in [0.1, 0.15) is 0 Å². The van der Waals surface area contributed by atoms with Crippen molar-refractivity contribution in [2.24, 2.45) is 5.92 Å². The van der Waals surface area contributed by atoms with E-state index in [1.165, 1.54) is 16.6 Å². The zero-order chi connectivity index (χ0) is 17.4. The highest BCUT2D eigenvalue weighted by atomic mass is 16.5. The van der Waals surface area contributed by atoms with Crippen LogP contribution in [0, 0.1) is 5.92 Å². The van der Waals surface area contributed by atoms with Crippen LogP contribution in [0.5, 0.6) is 0 Å². The molecule has 0 aliphatic carbocycles. The van der Waals surface area contributed by atoms with Crippen LogP contribution in [0.25, 0.3) is 10.9 Å². The summed E-state index contributed by atoms with van der Waals surface area (Å²) < 4.78 is 5.52. The van der Waals surface area contributed by atoms with Crippen LogP contribution in [0.1, 0.15) is 35.0 Å². The first-order valence-corrected chi connectivity index (χ1v) is 9.34. The van der Waals surface area contributed by atoms with Gasteiger partial charge in [-0.25, -0.2) is 0 Å². The Kier molecular flexibility index (Phi) is 4.52. The van der Waals surface area contributed by atoms with E-state index in [9.17, 15) is 4.79 Å². The molecule has 1 aromatic heterocycles. The minimum Gasteiger partial charge on any atom is -0.381 e. The molecule has 1 atom stereocenters. The topological polar surface area (TPSA) is 48.6 Å². The standard InChI is InChI=1S/C20H27N3O2/c1-3-25-13-14-6-9-23(11-14)20(24)15-4-5-18-16(10-15)17-12-22(2)8-7-19(17)21-18/h4-5,10,14,21H,3,6-9,11-13H2,1-2H3/t14-/m1/s1. The number of hydrogen-bond acceptors (Lipinski definition) is 3. The normalized spacial score (nSPS) is 21.0. The molecule has 1 N–H and O–H groups in total. The lowest BCUT2D eigenvalue weighted by Gasteiger charge is -2.22. The largest absolute Gasteiger partial charge is 0.381 e. The van der Waals surface area contributed by atoms with Gasteiger partial charge in [0.05, 0.1) is 6.61 Å². The maximum absolute atomic E-state index is 12.9. The number of carbonyl (C=O) groups is 1. The molecule has 2 aliphatic heterocycles. The van der Waals surface area contributed by atoms with Crippen LogP contribution in [-0.4, -0.2) is 60.6 Å². The predicted octanol–water partition coefficient (Wildman–Crippen LogP) is 2.65. The second-order valence-corrected chi connectivity index (χ2v) is 7.40. The number of aromatic amines is 1. The Labute approximate surface area is 148 Å². The SMILES string of the molecule is CCOC[C@@H]1CCN(C(=O)c2ccc3[nH]c4c(c3c2)CN(C)CC4)C1. The molecular weight excluding hydrogens is 314 g/mol. The number of nitrogens with zero attached hydrogens (tertiary/aromatic N) is 2. The van der Waals surface area contributed by atoms with Gasteiger partial charge in [0.15, 0.2) is 0 Å². The van der Waals surface area contributed by atoms with Gasteiger partial charge in [0, 0.05) is 67.3 Å². The van der Waals surface area contributed by atoms with Crippen LogP contribution in [-0.2, 0) is 17.7 Å². The molecule has 1 saturated heterocycles. The number of likely N-dealkylation sites (tertiary alicyclic amines) is 1. The summed E-state index contributed by atoms with van der Waals surface area (Å²) in [5, 5.41) is 1.21. The second kappa shape index (κ2) is 6.81. The average molecular weight is 341 g/mol. The number of H-pyrrole nitrogens is 1. The lowest BCUT2D eigenvalue weighted by molar-refractivity contribution is 0.0763. The summed E-state index contributed by atoms with van der Waals surface area (Å²) >= 11 is 0. The van der Waals surface area contributed by atoms with Gasteiger partial charge in [-0.2, -0.15) is 0 Å². The minimum absolute atomic E-state index is 0.153. The highest BCUT2D eigenvalue weighted by Gasteiger charge is 2.27.